The van der Waals surface area contributed by atoms with E-state index in [0.29, 0.717) is 18.0 Å². The first-order chi connectivity index (χ1) is 11.7. The number of methoxy groups -OCH3 is 1. The van der Waals surface area contributed by atoms with E-state index in [1.165, 1.54) is 11.3 Å². The summed E-state index contributed by atoms with van der Waals surface area (Å²) in [6.45, 7) is 0. The highest BCUT2D eigenvalue weighted by molar-refractivity contribution is 7.18. The standard InChI is InChI=1S/C18H17N3O2S/c1-23-15-9-5-6-13(12-15)10-11-16(22)19-18-21-20-17(24-18)14-7-3-2-4-8-14/h2-9,12H,10-11H2,1H3,(H,19,21,22). The van der Waals surface area contributed by atoms with Crippen LogP contribution in [0.4, 0.5) is 5.13 Å². The molecule has 0 bridgehead atoms. The topological polar surface area (TPSA) is 64.1 Å². The van der Waals surface area contributed by atoms with Crippen molar-refractivity contribution in [2.45, 2.75) is 12.8 Å². The van der Waals surface area contributed by atoms with E-state index in [0.717, 1.165) is 21.9 Å². The van der Waals surface area contributed by atoms with Gasteiger partial charge >= 0.3 is 0 Å². The molecule has 0 aliphatic rings. The first-order valence-corrected chi connectivity index (χ1v) is 8.38. The van der Waals surface area contributed by atoms with Gasteiger partial charge in [0.2, 0.25) is 11.0 Å². The third kappa shape index (κ3) is 4.17. The minimum Gasteiger partial charge on any atom is -0.497 e. The van der Waals surface area contributed by atoms with Gasteiger partial charge in [0.25, 0.3) is 0 Å². The summed E-state index contributed by atoms with van der Waals surface area (Å²) in [5, 5.41) is 12.3. The molecule has 122 valence electrons. The van der Waals surface area contributed by atoms with E-state index in [1.807, 2.05) is 54.6 Å². The Hall–Kier alpha value is -2.73. The van der Waals surface area contributed by atoms with Crippen LogP contribution in [0, 0.1) is 0 Å². The number of carbonyl (C=O) groups is 1. The quantitative estimate of drug-likeness (QED) is 0.742. The smallest absolute Gasteiger partial charge is 0.226 e. The maximum atomic E-state index is 12.1. The molecule has 3 rings (SSSR count). The Morgan fingerprint density at radius 3 is 2.75 bits per heavy atom. The van der Waals surface area contributed by atoms with Gasteiger partial charge in [0.15, 0.2) is 0 Å². The number of nitrogens with one attached hydrogen (secondary N) is 1. The molecule has 6 heteroatoms. The van der Waals surface area contributed by atoms with Gasteiger partial charge in [-0.25, -0.2) is 0 Å². The van der Waals surface area contributed by atoms with Gasteiger partial charge in [-0.1, -0.05) is 53.8 Å². The van der Waals surface area contributed by atoms with Crippen LogP contribution < -0.4 is 10.1 Å². The fourth-order valence-electron chi connectivity index (χ4n) is 2.24. The summed E-state index contributed by atoms with van der Waals surface area (Å²) in [5.41, 5.74) is 2.05. The van der Waals surface area contributed by atoms with Crippen LogP contribution in [-0.2, 0) is 11.2 Å². The van der Waals surface area contributed by atoms with E-state index in [2.05, 4.69) is 15.5 Å². The van der Waals surface area contributed by atoms with Gasteiger partial charge in [-0.15, -0.1) is 10.2 Å². The van der Waals surface area contributed by atoms with Crippen LogP contribution >= 0.6 is 11.3 Å². The van der Waals surface area contributed by atoms with Gasteiger partial charge in [-0.3, -0.25) is 4.79 Å². The molecular weight excluding hydrogens is 322 g/mol. The number of benzene rings is 2. The zero-order chi connectivity index (χ0) is 16.8. The number of anilines is 1. The summed E-state index contributed by atoms with van der Waals surface area (Å²) in [6, 6.07) is 17.5. The molecule has 0 aliphatic carbocycles. The molecule has 1 amide bonds. The van der Waals surface area contributed by atoms with Crippen LogP contribution in [0.3, 0.4) is 0 Å². The van der Waals surface area contributed by atoms with Crippen LogP contribution in [0.2, 0.25) is 0 Å². The van der Waals surface area contributed by atoms with Crippen molar-refractivity contribution >= 4 is 22.4 Å². The molecule has 1 N–H and O–H groups in total. The predicted octanol–water partition coefficient (Wildman–Crippen LogP) is 3.79. The summed E-state index contributed by atoms with van der Waals surface area (Å²) in [5.74, 6) is 0.720. The minimum absolute atomic E-state index is 0.0754. The number of hydrogen-bond acceptors (Lipinski definition) is 5. The number of hydrogen-bond donors (Lipinski definition) is 1. The molecule has 0 radical (unpaired) electrons. The minimum atomic E-state index is -0.0754. The van der Waals surface area contributed by atoms with E-state index in [-0.39, 0.29) is 5.91 Å². The number of carbonyl (C=O) groups excluding carboxylic acids is 1. The molecule has 0 spiro atoms. The summed E-state index contributed by atoms with van der Waals surface area (Å²) in [6.07, 6.45) is 1.03. The van der Waals surface area contributed by atoms with E-state index < -0.39 is 0 Å². The zero-order valence-corrected chi connectivity index (χ0v) is 14.0. The monoisotopic (exact) mass is 339 g/mol. The maximum absolute atomic E-state index is 12.1. The molecule has 1 aromatic heterocycles. The number of nitrogens with zero attached hydrogens (tertiary/aromatic N) is 2. The molecule has 3 aromatic rings. The van der Waals surface area contributed by atoms with Crippen LogP contribution in [0.25, 0.3) is 10.6 Å². The highest BCUT2D eigenvalue weighted by atomic mass is 32.1. The first-order valence-electron chi connectivity index (χ1n) is 7.56. The second kappa shape index (κ2) is 7.70. The molecule has 0 aliphatic heterocycles. The fourth-order valence-corrected chi connectivity index (χ4v) is 3.00. The number of ether oxygens (including phenoxy) is 1. The number of aromatic nitrogens is 2. The molecule has 0 saturated heterocycles. The summed E-state index contributed by atoms with van der Waals surface area (Å²) >= 11 is 1.37. The van der Waals surface area contributed by atoms with Gasteiger partial charge in [-0.05, 0) is 24.1 Å². The highest BCUT2D eigenvalue weighted by Crippen LogP contribution is 2.26. The molecular formula is C18H17N3O2S. The number of rotatable bonds is 6. The Kier molecular flexibility index (Phi) is 5.18. The van der Waals surface area contributed by atoms with Crippen molar-refractivity contribution in [2.75, 3.05) is 12.4 Å². The molecule has 0 atom stereocenters. The van der Waals surface area contributed by atoms with Crippen LogP contribution in [-0.4, -0.2) is 23.2 Å². The average Bonchev–Trinajstić information content (AvgIpc) is 3.09. The number of amides is 1. The van der Waals surface area contributed by atoms with E-state index in [9.17, 15) is 4.79 Å². The van der Waals surface area contributed by atoms with Gasteiger partial charge in [-0.2, -0.15) is 0 Å². The summed E-state index contributed by atoms with van der Waals surface area (Å²) in [7, 11) is 1.63. The van der Waals surface area contributed by atoms with Crippen molar-refractivity contribution in [3.05, 3.63) is 60.2 Å². The Morgan fingerprint density at radius 1 is 1.12 bits per heavy atom. The average molecular weight is 339 g/mol. The van der Waals surface area contributed by atoms with Crippen molar-refractivity contribution in [3.8, 4) is 16.3 Å². The largest absolute Gasteiger partial charge is 0.497 e. The Balaban J connectivity index is 1.56. The summed E-state index contributed by atoms with van der Waals surface area (Å²) in [4.78, 5) is 12.1. The third-order valence-electron chi connectivity index (χ3n) is 3.47. The van der Waals surface area contributed by atoms with Gasteiger partial charge in [0.1, 0.15) is 10.8 Å². The number of aryl methyl sites for hydroxylation is 1. The fraction of sp³-hybridized carbons (Fsp3) is 0.167. The van der Waals surface area contributed by atoms with Gasteiger partial charge < -0.3 is 10.1 Å². The first kappa shape index (κ1) is 16.1. The van der Waals surface area contributed by atoms with Crippen molar-refractivity contribution in [1.29, 1.82) is 0 Å². The second-order valence-corrected chi connectivity index (χ2v) is 6.16. The lowest BCUT2D eigenvalue weighted by Gasteiger charge is -2.04. The normalized spacial score (nSPS) is 10.4. The Bertz CT molecular complexity index is 818. The van der Waals surface area contributed by atoms with Crippen LogP contribution in [0.5, 0.6) is 5.75 Å². The molecule has 0 saturated carbocycles. The van der Waals surface area contributed by atoms with Crippen molar-refractivity contribution in [1.82, 2.24) is 10.2 Å². The van der Waals surface area contributed by atoms with Gasteiger partial charge in [0.05, 0.1) is 7.11 Å². The van der Waals surface area contributed by atoms with E-state index in [1.54, 1.807) is 7.11 Å². The predicted molar refractivity (Wildman–Crippen MR) is 95.3 cm³/mol. The molecule has 1 heterocycles. The maximum Gasteiger partial charge on any atom is 0.226 e. The Morgan fingerprint density at radius 2 is 1.96 bits per heavy atom. The van der Waals surface area contributed by atoms with Crippen LogP contribution in [0.1, 0.15) is 12.0 Å². The SMILES string of the molecule is COc1cccc(CCC(=O)Nc2nnc(-c3ccccc3)s2)c1. The lowest BCUT2D eigenvalue weighted by Crippen LogP contribution is -2.12. The van der Waals surface area contributed by atoms with Crippen molar-refractivity contribution in [3.63, 3.8) is 0 Å². The zero-order valence-electron chi connectivity index (χ0n) is 13.2. The molecule has 0 unspecified atom stereocenters. The van der Waals surface area contributed by atoms with Crippen molar-refractivity contribution < 1.29 is 9.53 Å². The molecule has 5 nitrogen and oxygen atoms in total. The third-order valence-corrected chi connectivity index (χ3v) is 4.35. The summed E-state index contributed by atoms with van der Waals surface area (Å²) < 4.78 is 5.18. The van der Waals surface area contributed by atoms with Gasteiger partial charge in [0, 0.05) is 12.0 Å². The lowest BCUT2D eigenvalue weighted by atomic mass is 10.1. The second-order valence-electron chi connectivity index (χ2n) is 5.18. The Labute approximate surface area is 144 Å². The molecule has 24 heavy (non-hydrogen) atoms. The molecule has 0 fully saturated rings. The molecule has 2 aromatic carbocycles. The highest BCUT2D eigenvalue weighted by Gasteiger charge is 2.09. The van der Waals surface area contributed by atoms with E-state index >= 15 is 0 Å². The van der Waals surface area contributed by atoms with Crippen molar-refractivity contribution in [2.24, 2.45) is 0 Å². The lowest BCUT2D eigenvalue weighted by molar-refractivity contribution is -0.116. The van der Waals surface area contributed by atoms with E-state index in [4.69, 9.17) is 4.74 Å². The van der Waals surface area contributed by atoms with Crippen LogP contribution in [0.15, 0.2) is 54.6 Å².